The van der Waals surface area contributed by atoms with E-state index in [-0.39, 0.29) is 5.43 Å². The Bertz CT molecular complexity index is 932. The molecule has 1 aliphatic rings. The second-order valence-electron chi connectivity index (χ2n) is 5.95. The van der Waals surface area contributed by atoms with Gasteiger partial charge in [-0.2, -0.15) is 0 Å². The van der Waals surface area contributed by atoms with Crippen LogP contribution in [0.15, 0.2) is 53.7 Å². The van der Waals surface area contributed by atoms with Crippen LogP contribution in [0.3, 0.4) is 0 Å². The number of imidazole rings is 1. The molecule has 126 valence electrons. The molecule has 0 amide bonds. The Morgan fingerprint density at radius 1 is 1.16 bits per heavy atom. The molecule has 3 aromatic rings. The first-order valence-corrected chi connectivity index (χ1v) is 8.23. The zero-order chi connectivity index (χ0) is 17.1. The van der Waals surface area contributed by atoms with E-state index in [2.05, 4.69) is 31.3 Å². The van der Waals surface area contributed by atoms with Crippen molar-refractivity contribution in [2.45, 2.75) is 12.8 Å². The third-order valence-electron chi connectivity index (χ3n) is 4.23. The van der Waals surface area contributed by atoms with Crippen LogP contribution in [0.4, 0.5) is 0 Å². The minimum absolute atomic E-state index is 0.110. The number of pyridine rings is 1. The molecule has 0 unspecified atom stereocenters. The zero-order valence-electron chi connectivity index (χ0n) is 13.6. The molecule has 0 atom stereocenters. The number of aromatic nitrogens is 5. The Morgan fingerprint density at radius 2 is 2.04 bits per heavy atom. The Kier molecular flexibility index (Phi) is 4.22. The van der Waals surface area contributed by atoms with E-state index in [1.54, 1.807) is 41.9 Å². The summed E-state index contributed by atoms with van der Waals surface area (Å²) in [5.74, 6) is 0.659. The van der Waals surface area contributed by atoms with Crippen LogP contribution in [0, 0.1) is 0 Å². The summed E-state index contributed by atoms with van der Waals surface area (Å²) in [6.07, 6.45) is 14.3. The molecule has 0 spiro atoms. The number of hydrogen-bond acceptors (Lipinski definition) is 5. The molecule has 0 aromatic carbocycles. The molecule has 0 bridgehead atoms. The van der Waals surface area contributed by atoms with Crippen molar-refractivity contribution in [2.75, 3.05) is 13.1 Å². The lowest BCUT2D eigenvalue weighted by Crippen LogP contribution is -2.22. The highest BCUT2D eigenvalue weighted by atomic mass is 16.1. The first kappa shape index (κ1) is 15.5. The SMILES string of the molecule is O=c1cc(-n2ccnc2)[nH]cc1-c1cnc(C=C2CCNCC2)cn1. The quantitative estimate of drug-likeness (QED) is 0.762. The molecule has 1 aliphatic heterocycles. The molecule has 1 fully saturated rings. The lowest BCUT2D eigenvalue weighted by Gasteiger charge is -2.14. The highest BCUT2D eigenvalue weighted by Gasteiger charge is 2.08. The summed E-state index contributed by atoms with van der Waals surface area (Å²) in [5, 5.41) is 3.33. The van der Waals surface area contributed by atoms with E-state index >= 15 is 0 Å². The van der Waals surface area contributed by atoms with Gasteiger partial charge >= 0.3 is 0 Å². The van der Waals surface area contributed by atoms with Gasteiger partial charge in [-0.25, -0.2) is 4.98 Å². The third kappa shape index (κ3) is 3.41. The Morgan fingerprint density at radius 3 is 2.72 bits per heavy atom. The lowest BCUT2D eigenvalue weighted by molar-refractivity contribution is 0.613. The molecule has 0 aliphatic carbocycles. The summed E-state index contributed by atoms with van der Waals surface area (Å²) >= 11 is 0. The molecule has 7 heteroatoms. The van der Waals surface area contributed by atoms with Gasteiger partial charge in [0.1, 0.15) is 12.1 Å². The number of hydrogen-bond donors (Lipinski definition) is 2. The Hall–Kier alpha value is -3.06. The van der Waals surface area contributed by atoms with Crippen molar-refractivity contribution in [3.63, 3.8) is 0 Å². The minimum atomic E-state index is -0.110. The normalized spacial score (nSPS) is 14.5. The molecular weight excluding hydrogens is 316 g/mol. The second-order valence-corrected chi connectivity index (χ2v) is 5.95. The van der Waals surface area contributed by atoms with E-state index in [0.717, 1.165) is 31.6 Å². The van der Waals surface area contributed by atoms with E-state index in [0.29, 0.717) is 17.1 Å². The predicted octanol–water partition coefficient (Wildman–Crippen LogP) is 1.78. The molecule has 4 heterocycles. The van der Waals surface area contributed by atoms with Gasteiger partial charge in [0, 0.05) is 24.7 Å². The van der Waals surface area contributed by atoms with Crippen LogP contribution in [0.25, 0.3) is 23.2 Å². The van der Waals surface area contributed by atoms with Crippen molar-refractivity contribution in [2.24, 2.45) is 0 Å². The third-order valence-corrected chi connectivity index (χ3v) is 4.23. The van der Waals surface area contributed by atoms with Crippen LogP contribution in [-0.4, -0.2) is 37.6 Å². The molecule has 25 heavy (non-hydrogen) atoms. The van der Waals surface area contributed by atoms with Gasteiger partial charge in [0.05, 0.1) is 29.3 Å². The van der Waals surface area contributed by atoms with Crippen LogP contribution in [0.1, 0.15) is 18.5 Å². The average molecular weight is 334 g/mol. The first-order valence-electron chi connectivity index (χ1n) is 8.23. The van der Waals surface area contributed by atoms with Gasteiger partial charge in [-0.3, -0.25) is 19.3 Å². The van der Waals surface area contributed by atoms with Crippen molar-refractivity contribution in [1.82, 2.24) is 29.8 Å². The number of rotatable bonds is 3. The topological polar surface area (TPSA) is 88.5 Å². The Labute approximate surface area is 144 Å². The monoisotopic (exact) mass is 334 g/mol. The molecule has 3 aromatic heterocycles. The largest absolute Gasteiger partial charge is 0.347 e. The van der Waals surface area contributed by atoms with E-state index in [1.165, 1.54) is 11.6 Å². The molecule has 0 radical (unpaired) electrons. The highest BCUT2D eigenvalue weighted by molar-refractivity contribution is 5.59. The van der Waals surface area contributed by atoms with Gasteiger partial charge in [-0.15, -0.1) is 0 Å². The van der Waals surface area contributed by atoms with Gasteiger partial charge in [0.25, 0.3) is 0 Å². The molecule has 7 nitrogen and oxygen atoms in total. The maximum atomic E-state index is 12.4. The number of H-pyrrole nitrogens is 1. The van der Waals surface area contributed by atoms with Crippen molar-refractivity contribution >= 4 is 6.08 Å². The van der Waals surface area contributed by atoms with Gasteiger partial charge in [0.15, 0.2) is 5.43 Å². The van der Waals surface area contributed by atoms with E-state index in [1.807, 2.05) is 0 Å². The van der Waals surface area contributed by atoms with E-state index in [9.17, 15) is 4.79 Å². The summed E-state index contributed by atoms with van der Waals surface area (Å²) in [5.41, 5.74) is 3.15. The summed E-state index contributed by atoms with van der Waals surface area (Å²) < 4.78 is 1.74. The van der Waals surface area contributed by atoms with Crippen molar-refractivity contribution in [3.05, 3.63) is 64.9 Å². The van der Waals surface area contributed by atoms with Crippen LogP contribution < -0.4 is 10.7 Å². The summed E-state index contributed by atoms with van der Waals surface area (Å²) in [4.78, 5) is 28.3. The molecule has 1 saturated heterocycles. The van der Waals surface area contributed by atoms with Crippen molar-refractivity contribution < 1.29 is 0 Å². The average Bonchev–Trinajstić information content (AvgIpc) is 3.18. The number of nitrogens with zero attached hydrogens (tertiary/aromatic N) is 4. The number of aromatic amines is 1. The zero-order valence-corrected chi connectivity index (χ0v) is 13.6. The Balaban J connectivity index is 1.59. The van der Waals surface area contributed by atoms with Crippen LogP contribution in [-0.2, 0) is 0 Å². The molecule has 0 saturated carbocycles. The van der Waals surface area contributed by atoms with E-state index < -0.39 is 0 Å². The minimum Gasteiger partial charge on any atom is -0.347 e. The fourth-order valence-electron chi connectivity index (χ4n) is 2.86. The highest BCUT2D eigenvalue weighted by Crippen LogP contribution is 2.16. The lowest BCUT2D eigenvalue weighted by atomic mass is 10.0. The van der Waals surface area contributed by atoms with Gasteiger partial charge in [0.2, 0.25) is 0 Å². The smallest absolute Gasteiger partial charge is 0.193 e. The van der Waals surface area contributed by atoms with Crippen LogP contribution >= 0.6 is 0 Å². The van der Waals surface area contributed by atoms with Crippen LogP contribution in [0.5, 0.6) is 0 Å². The van der Waals surface area contributed by atoms with Gasteiger partial charge in [-0.1, -0.05) is 5.57 Å². The molecular formula is C18H18N6O. The van der Waals surface area contributed by atoms with Crippen molar-refractivity contribution in [3.8, 4) is 17.1 Å². The summed E-state index contributed by atoms with van der Waals surface area (Å²) in [6, 6.07) is 1.53. The maximum Gasteiger partial charge on any atom is 0.193 e. The standard InChI is InChI=1S/C18H18N6O/c25-17-8-18(24-6-5-20-12-24)23-10-15(17)16-11-21-14(9-22-16)7-13-1-3-19-4-2-13/h5-12,19H,1-4H2,(H,23,25). The fourth-order valence-corrected chi connectivity index (χ4v) is 2.86. The summed E-state index contributed by atoms with van der Waals surface area (Å²) in [7, 11) is 0. The maximum absolute atomic E-state index is 12.4. The van der Waals surface area contributed by atoms with Gasteiger partial charge < -0.3 is 10.3 Å². The number of nitrogens with one attached hydrogen (secondary N) is 2. The first-order chi connectivity index (χ1) is 12.3. The molecule has 2 N–H and O–H groups in total. The molecule has 4 rings (SSSR count). The summed E-state index contributed by atoms with van der Waals surface area (Å²) in [6.45, 7) is 2.02. The second kappa shape index (κ2) is 6.82. The van der Waals surface area contributed by atoms with Crippen LogP contribution in [0.2, 0.25) is 0 Å². The fraction of sp³-hybridized carbons (Fsp3) is 0.222. The predicted molar refractivity (Wildman–Crippen MR) is 95.3 cm³/mol. The van der Waals surface area contributed by atoms with Crippen molar-refractivity contribution in [1.29, 1.82) is 0 Å². The number of piperidine rings is 1. The van der Waals surface area contributed by atoms with E-state index in [4.69, 9.17) is 0 Å². The van der Waals surface area contributed by atoms with Gasteiger partial charge in [-0.05, 0) is 32.0 Å².